The number of amides is 2. The summed E-state index contributed by atoms with van der Waals surface area (Å²) in [6.07, 6.45) is 2.54. The molecule has 0 N–H and O–H groups in total. The van der Waals surface area contributed by atoms with E-state index >= 15 is 0 Å². The second-order valence-corrected chi connectivity index (χ2v) is 8.39. The Morgan fingerprint density at radius 2 is 1.97 bits per heavy atom. The molecule has 3 rings (SSSR count). The maximum atomic E-state index is 12.8. The first kappa shape index (κ1) is 21.7. The lowest BCUT2D eigenvalue weighted by Crippen LogP contribution is -2.27. The second kappa shape index (κ2) is 9.69. The highest BCUT2D eigenvalue weighted by molar-refractivity contribution is 9.10. The lowest BCUT2D eigenvalue weighted by atomic mass is 10.1. The number of hydrogen-bond acceptors (Lipinski definition) is 5. The van der Waals surface area contributed by atoms with Crippen molar-refractivity contribution in [1.29, 1.82) is 0 Å². The normalized spacial score (nSPS) is 15.3. The number of rotatable bonds is 7. The molecule has 0 saturated carbocycles. The largest absolute Gasteiger partial charge is 0.490 e. The third-order valence-corrected chi connectivity index (χ3v) is 5.63. The fourth-order valence-electron chi connectivity index (χ4n) is 2.74. The van der Waals surface area contributed by atoms with Crippen LogP contribution in [0.1, 0.15) is 25.8 Å². The molecule has 1 aliphatic heterocycles. The predicted molar refractivity (Wildman–Crippen MR) is 121 cm³/mol. The van der Waals surface area contributed by atoms with Crippen molar-refractivity contribution in [3.8, 4) is 11.5 Å². The lowest BCUT2D eigenvalue weighted by molar-refractivity contribution is -0.113. The van der Waals surface area contributed by atoms with Crippen LogP contribution in [0.4, 0.5) is 10.5 Å². The molecule has 152 valence electrons. The first-order valence-corrected chi connectivity index (χ1v) is 11.1. The monoisotopic (exact) mass is 495 g/mol. The van der Waals surface area contributed by atoms with E-state index in [1.807, 2.05) is 19.9 Å². The third-order valence-electron chi connectivity index (χ3n) is 3.94. The molecule has 0 aliphatic carbocycles. The van der Waals surface area contributed by atoms with Gasteiger partial charge in [-0.15, -0.1) is 0 Å². The summed E-state index contributed by atoms with van der Waals surface area (Å²) >= 11 is 10.4. The molecule has 0 aromatic heterocycles. The fraction of sp³-hybridized carbons (Fsp3) is 0.238. The first-order valence-electron chi connectivity index (χ1n) is 9.07. The number of hydrogen-bond donors (Lipinski definition) is 0. The summed E-state index contributed by atoms with van der Waals surface area (Å²) in [7, 11) is 0. The zero-order valence-corrected chi connectivity index (χ0v) is 19.1. The molecular weight excluding hydrogens is 478 g/mol. The van der Waals surface area contributed by atoms with E-state index in [9.17, 15) is 9.59 Å². The minimum Gasteiger partial charge on any atom is -0.490 e. The van der Waals surface area contributed by atoms with Crippen LogP contribution in [0.2, 0.25) is 5.02 Å². The standard InChI is InChI=1S/C21H19BrClNO4S/c1-3-8-28-19-16(22)9-13(10-17(19)27-4-2)11-18-20(25)24(21(26)29-18)15-7-5-6-14(23)12-15/h5-7,9-12H,3-4,8H2,1-2H3/b18-11+. The van der Waals surface area contributed by atoms with Crippen LogP contribution in [0.15, 0.2) is 45.8 Å². The molecule has 5 nitrogen and oxygen atoms in total. The second-order valence-electron chi connectivity index (χ2n) is 6.11. The first-order chi connectivity index (χ1) is 13.9. The zero-order valence-electron chi connectivity index (χ0n) is 15.9. The summed E-state index contributed by atoms with van der Waals surface area (Å²) < 4.78 is 12.2. The average Bonchev–Trinajstić information content (AvgIpc) is 2.94. The van der Waals surface area contributed by atoms with E-state index in [1.54, 1.807) is 36.4 Å². The van der Waals surface area contributed by atoms with E-state index in [2.05, 4.69) is 15.9 Å². The molecule has 2 aromatic rings. The maximum absolute atomic E-state index is 12.8. The van der Waals surface area contributed by atoms with Gasteiger partial charge < -0.3 is 9.47 Å². The van der Waals surface area contributed by atoms with Gasteiger partial charge in [-0.05, 0) is 83.0 Å². The van der Waals surface area contributed by atoms with Gasteiger partial charge in [0.15, 0.2) is 11.5 Å². The summed E-state index contributed by atoms with van der Waals surface area (Å²) in [6, 6.07) is 10.3. The van der Waals surface area contributed by atoms with E-state index in [-0.39, 0.29) is 11.1 Å². The number of halogens is 2. The van der Waals surface area contributed by atoms with Gasteiger partial charge in [-0.3, -0.25) is 9.59 Å². The quantitative estimate of drug-likeness (QED) is 0.408. The summed E-state index contributed by atoms with van der Waals surface area (Å²) in [4.78, 5) is 26.7. The van der Waals surface area contributed by atoms with Gasteiger partial charge in [0.2, 0.25) is 0 Å². The van der Waals surface area contributed by atoms with Crippen molar-refractivity contribution >= 4 is 62.2 Å². The van der Waals surface area contributed by atoms with Gasteiger partial charge in [-0.1, -0.05) is 24.6 Å². The number of thioether (sulfide) groups is 1. The van der Waals surface area contributed by atoms with Crippen LogP contribution in [0.3, 0.4) is 0 Å². The maximum Gasteiger partial charge on any atom is 0.298 e. The summed E-state index contributed by atoms with van der Waals surface area (Å²) in [5.74, 6) is 0.816. The molecule has 0 radical (unpaired) electrons. The van der Waals surface area contributed by atoms with Crippen molar-refractivity contribution in [2.75, 3.05) is 18.1 Å². The topological polar surface area (TPSA) is 55.8 Å². The molecule has 0 spiro atoms. The number of imide groups is 1. The minimum absolute atomic E-state index is 0.326. The summed E-state index contributed by atoms with van der Waals surface area (Å²) in [5, 5.41) is 0.0917. The van der Waals surface area contributed by atoms with Crippen LogP contribution in [0, 0.1) is 0 Å². The van der Waals surface area contributed by atoms with Gasteiger partial charge in [0.1, 0.15) is 0 Å². The van der Waals surface area contributed by atoms with Gasteiger partial charge in [-0.2, -0.15) is 0 Å². The summed E-state index contributed by atoms with van der Waals surface area (Å²) in [5.41, 5.74) is 1.17. The zero-order chi connectivity index (χ0) is 21.0. The van der Waals surface area contributed by atoms with E-state index < -0.39 is 0 Å². The molecule has 1 aliphatic rings. The fourth-order valence-corrected chi connectivity index (χ4v) is 4.34. The molecule has 1 heterocycles. The average molecular weight is 497 g/mol. The van der Waals surface area contributed by atoms with Crippen LogP contribution < -0.4 is 14.4 Å². The van der Waals surface area contributed by atoms with Crippen LogP contribution in [-0.2, 0) is 4.79 Å². The SMILES string of the molecule is CCCOc1c(Br)cc(/C=C2/SC(=O)N(c3cccc(Cl)c3)C2=O)cc1OCC. The lowest BCUT2D eigenvalue weighted by Gasteiger charge is -2.14. The highest BCUT2D eigenvalue weighted by atomic mass is 79.9. The molecular formula is C21H19BrClNO4S. The van der Waals surface area contributed by atoms with E-state index in [4.69, 9.17) is 21.1 Å². The Morgan fingerprint density at radius 1 is 1.17 bits per heavy atom. The Bertz CT molecular complexity index is 979. The number of anilines is 1. The van der Waals surface area contributed by atoms with E-state index in [0.29, 0.717) is 40.3 Å². The molecule has 2 amide bonds. The van der Waals surface area contributed by atoms with Crippen molar-refractivity contribution in [3.05, 3.63) is 56.4 Å². The third kappa shape index (κ3) is 4.97. The van der Waals surface area contributed by atoms with Crippen LogP contribution in [0.25, 0.3) is 6.08 Å². The van der Waals surface area contributed by atoms with Crippen molar-refractivity contribution in [2.24, 2.45) is 0 Å². The Kier molecular flexibility index (Phi) is 7.27. The summed E-state index contributed by atoms with van der Waals surface area (Å²) in [6.45, 7) is 4.96. The van der Waals surface area contributed by atoms with Crippen LogP contribution >= 0.6 is 39.3 Å². The Labute approximate surface area is 187 Å². The highest BCUT2D eigenvalue weighted by Gasteiger charge is 2.36. The number of nitrogens with zero attached hydrogens (tertiary/aromatic N) is 1. The van der Waals surface area contributed by atoms with E-state index in [0.717, 1.165) is 33.1 Å². The number of ether oxygens (including phenoxy) is 2. The Hall–Kier alpha value is -1.96. The molecule has 0 unspecified atom stereocenters. The molecule has 2 aromatic carbocycles. The van der Waals surface area contributed by atoms with Gasteiger partial charge >= 0.3 is 0 Å². The smallest absolute Gasteiger partial charge is 0.298 e. The molecule has 1 fully saturated rings. The van der Waals surface area contributed by atoms with Crippen molar-refractivity contribution in [2.45, 2.75) is 20.3 Å². The Balaban J connectivity index is 1.93. The molecule has 0 atom stereocenters. The predicted octanol–water partition coefficient (Wildman–Crippen LogP) is 6.53. The molecule has 0 bridgehead atoms. The number of benzene rings is 2. The molecule has 29 heavy (non-hydrogen) atoms. The molecule has 8 heteroatoms. The molecule has 1 saturated heterocycles. The van der Waals surface area contributed by atoms with Gasteiger partial charge in [0.25, 0.3) is 11.1 Å². The van der Waals surface area contributed by atoms with Gasteiger partial charge in [0, 0.05) is 5.02 Å². The van der Waals surface area contributed by atoms with Gasteiger partial charge in [0.05, 0.1) is 28.3 Å². The van der Waals surface area contributed by atoms with Crippen molar-refractivity contribution in [3.63, 3.8) is 0 Å². The minimum atomic E-state index is -0.386. The van der Waals surface area contributed by atoms with Gasteiger partial charge in [-0.25, -0.2) is 4.90 Å². The highest BCUT2D eigenvalue weighted by Crippen LogP contribution is 2.40. The van der Waals surface area contributed by atoms with Crippen LogP contribution in [0.5, 0.6) is 11.5 Å². The van der Waals surface area contributed by atoms with Crippen molar-refractivity contribution in [1.82, 2.24) is 0 Å². The number of carbonyl (C=O) groups excluding carboxylic acids is 2. The Morgan fingerprint density at radius 3 is 2.66 bits per heavy atom. The van der Waals surface area contributed by atoms with Crippen molar-refractivity contribution < 1.29 is 19.1 Å². The number of carbonyl (C=O) groups is 2. The van der Waals surface area contributed by atoms with E-state index in [1.165, 1.54) is 0 Å². The van der Waals surface area contributed by atoms with Crippen LogP contribution in [-0.4, -0.2) is 24.4 Å².